The van der Waals surface area contributed by atoms with Crippen LogP contribution in [0.15, 0.2) is 18.5 Å². The number of rotatable bonds is 4. The second-order valence-corrected chi connectivity index (χ2v) is 5.34. The van der Waals surface area contributed by atoms with Crippen LogP contribution >= 0.6 is 0 Å². The Balaban J connectivity index is 1.96. The third kappa shape index (κ3) is 3.21. The molecule has 2 rings (SSSR count). The summed E-state index contributed by atoms with van der Waals surface area (Å²) < 4.78 is 0. The monoisotopic (exact) mass is 248 g/mol. The van der Waals surface area contributed by atoms with Crippen LogP contribution in [0.4, 0.5) is 5.69 Å². The number of nitrogens with zero attached hydrogens (tertiary/aromatic N) is 3. The lowest BCUT2D eigenvalue weighted by molar-refractivity contribution is 0.222. The summed E-state index contributed by atoms with van der Waals surface area (Å²) >= 11 is 0. The Hall–Kier alpha value is -1.13. The summed E-state index contributed by atoms with van der Waals surface area (Å²) in [5.74, 6) is 0.789. The van der Waals surface area contributed by atoms with Gasteiger partial charge in [0.15, 0.2) is 0 Å². The quantitative estimate of drug-likeness (QED) is 0.873. The molecular formula is C14H24N4. The van der Waals surface area contributed by atoms with Crippen LogP contribution in [0.25, 0.3) is 0 Å². The van der Waals surface area contributed by atoms with Gasteiger partial charge in [-0.15, -0.1) is 0 Å². The molecule has 0 saturated carbocycles. The van der Waals surface area contributed by atoms with Crippen molar-refractivity contribution in [3.63, 3.8) is 0 Å². The zero-order valence-electron chi connectivity index (χ0n) is 11.5. The van der Waals surface area contributed by atoms with Gasteiger partial charge in [0.25, 0.3) is 0 Å². The van der Waals surface area contributed by atoms with Crippen LogP contribution in [0.5, 0.6) is 0 Å². The molecule has 4 nitrogen and oxygen atoms in total. The van der Waals surface area contributed by atoms with E-state index in [2.05, 4.69) is 28.9 Å². The molecule has 1 aliphatic heterocycles. The van der Waals surface area contributed by atoms with E-state index < -0.39 is 0 Å². The highest BCUT2D eigenvalue weighted by molar-refractivity contribution is 5.50. The highest BCUT2D eigenvalue weighted by Gasteiger charge is 2.19. The van der Waals surface area contributed by atoms with Gasteiger partial charge in [-0.25, -0.2) is 0 Å². The Kier molecular flexibility index (Phi) is 4.55. The van der Waals surface area contributed by atoms with Gasteiger partial charge in [0.05, 0.1) is 11.9 Å². The lowest BCUT2D eigenvalue weighted by atomic mass is 9.96. The Morgan fingerprint density at radius 1 is 1.44 bits per heavy atom. The fourth-order valence-electron chi connectivity index (χ4n) is 2.66. The minimum atomic E-state index is 0.579. The Morgan fingerprint density at radius 2 is 2.17 bits per heavy atom. The molecule has 1 saturated heterocycles. The maximum atomic E-state index is 5.78. The minimum Gasteiger partial charge on any atom is -0.373 e. The van der Waals surface area contributed by atoms with Crippen molar-refractivity contribution in [3.05, 3.63) is 24.0 Å². The number of aromatic nitrogens is 1. The van der Waals surface area contributed by atoms with Crippen molar-refractivity contribution in [1.82, 2.24) is 9.88 Å². The second kappa shape index (κ2) is 6.16. The van der Waals surface area contributed by atoms with Crippen LogP contribution in [-0.2, 0) is 6.54 Å². The van der Waals surface area contributed by atoms with Gasteiger partial charge < -0.3 is 15.5 Å². The van der Waals surface area contributed by atoms with Crippen molar-refractivity contribution >= 4 is 5.69 Å². The van der Waals surface area contributed by atoms with E-state index in [1.165, 1.54) is 37.2 Å². The van der Waals surface area contributed by atoms with Crippen LogP contribution in [0, 0.1) is 5.92 Å². The molecule has 0 amide bonds. The van der Waals surface area contributed by atoms with Gasteiger partial charge in [-0.1, -0.05) is 0 Å². The summed E-state index contributed by atoms with van der Waals surface area (Å²) in [6.07, 6.45) is 6.32. The topological polar surface area (TPSA) is 45.4 Å². The highest BCUT2D eigenvalue weighted by Crippen LogP contribution is 2.22. The van der Waals surface area contributed by atoms with E-state index in [0.717, 1.165) is 12.5 Å². The normalized spacial score (nSPS) is 17.9. The summed E-state index contributed by atoms with van der Waals surface area (Å²) in [6, 6.07) is 2.01. The first-order chi connectivity index (χ1) is 8.70. The summed E-state index contributed by atoms with van der Waals surface area (Å²) in [7, 11) is 4.35. The maximum Gasteiger partial charge on any atom is 0.0595 e. The molecule has 2 heterocycles. The van der Waals surface area contributed by atoms with Crippen LogP contribution in [-0.4, -0.2) is 43.6 Å². The Bertz CT molecular complexity index is 372. The molecule has 0 aromatic carbocycles. The van der Waals surface area contributed by atoms with E-state index in [1.54, 1.807) is 0 Å². The molecule has 1 aromatic rings. The number of pyridine rings is 1. The second-order valence-electron chi connectivity index (χ2n) is 5.34. The molecule has 0 aliphatic carbocycles. The summed E-state index contributed by atoms with van der Waals surface area (Å²) in [5, 5.41) is 0. The van der Waals surface area contributed by atoms with E-state index in [9.17, 15) is 0 Å². The summed E-state index contributed by atoms with van der Waals surface area (Å²) in [6.45, 7) is 4.12. The van der Waals surface area contributed by atoms with E-state index >= 15 is 0 Å². The average molecular weight is 248 g/mol. The smallest absolute Gasteiger partial charge is 0.0595 e. The molecule has 4 heteroatoms. The summed E-state index contributed by atoms with van der Waals surface area (Å²) in [5.41, 5.74) is 8.14. The fraction of sp³-hybridized carbons (Fsp3) is 0.643. The van der Waals surface area contributed by atoms with Gasteiger partial charge >= 0.3 is 0 Å². The van der Waals surface area contributed by atoms with Gasteiger partial charge in [0.1, 0.15) is 0 Å². The van der Waals surface area contributed by atoms with Gasteiger partial charge in [0.2, 0.25) is 0 Å². The van der Waals surface area contributed by atoms with Crippen LogP contribution in [0.2, 0.25) is 0 Å². The molecule has 18 heavy (non-hydrogen) atoms. The Morgan fingerprint density at radius 3 is 2.83 bits per heavy atom. The average Bonchev–Trinajstić information content (AvgIpc) is 2.41. The van der Waals surface area contributed by atoms with Crippen LogP contribution < -0.4 is 10.6 Å². The number of likely N-dealkylation sites (tertiary alicyclic amines) is 1. The van der Waals surface area contributed by atoms with Gasteiger partial charge in [-0.3, -0.25) is 4.98 Å². The van der Waals surface area contributed by atoms with E-state index in [4.69, 9.17) is 5.73 Å². The lowest BCUT2D eigenvalue weighted by Crippen LogP contribution is -2.36. The molecule has 1 fully saturated rings. The zero-order valence-corrected chi connectivity index (χ0v) is 11.5. The first-order valence-corrected chi connectivity index (χ1v) is 6.73. The SMILES string of the molecule is CN1CCC(CN(C)c2cnccc2CN)CC1. The molecule has 1 aliphatic rings. The molecule has 0 unspecified atom stereocenters. The number of hydrogen-bond acceptors (Lipinski definition) is 4. The van der Waals surface area contributed by atoms with Gasteiger partial charge in [-0.05, 0) is 50.5 Å². The third-order valence-corrected chi connectivity index (χ3v) is 3.89. The third-order valence-electron chi connectivity index (χ3n) is 3.89. The fourth-order valence-corrected chi connectivity index (χ4v) is 2.66. The Labute approximate surface area is 110 Å². The predicted octanol–water partition coefficient (Wildman–Crippen LogP) is 1.32. The summed E-state index contributed by atoms with van der Waals surface area (Å²) in [4.78, 5) is 8.93. The molecule has 100 valence electrons. The maximum absolute atomic E-state index is 5.78. The minimum absolute atomic E-state index is 0.579. The van der Waals surface area contributed by atoms with E-state index in [-0.39, 0.29) is 0 Å². The first kappa shape index (κ1) is 13.3. The first-order valence-electron chi connectivity index (χ1n) is 6.73. The molecular weight excluding hydrogens is 224 g/mol. The molecule has 0 bridgehead atoms. The van der Waals surface area contributed by atoms with Crippen LogP contribution in [0.1, 0.15) is 18.4 Å². The zero-order chi connectivity index (χ0) is 13.0. The highest BCUT2D eigenvalue weighted by atomic mass is 15.1. The van der Waals surface area contributed by atoms with Crippen molar-refractivity contribution in [2.45, 2.75) is 19.4 Å². The molecule has 0 radical (unpaired) electrons. The lowest BCUT2D eigenvalue weighted by Gasteiger charge is -2.32. The standard InChI is InChI=1S/C14H24N4/c1-17-7-4-12(5-8-17)11-18(2)14-10-16-6-3-13(14)9-15/h3,6,10,12H,4-5,7-9,11,15H2,1-2H3. The van der Waals surface area contributed by atoms with Crippen LogP contribution in [0.3, 0.4) is 0 Å². The van der Waals surface area contributed by atoms with Crippen molar-refractivity contribution in [2.24, 2.45) is 11.7 Å². The number of hydrogen-bond donors (Lipinski definition) is 1. The van der Waals surface area contributed by atoms with Gasteiger partial charge in [-0.2, -0.15) is 0 Å². The van der Waals surface area contributed by atoms with Crippen molar-refractivity contribution < 1.29 is 0 Å². The van der Waals surface area contributed by atoms with Crippen molar-refractivity contribution in [3.8, 4) is 0 Å². The largest absolute Gasteiger partial charge is 0.373 e. The van der Waals surface area contributed by atoms with E-state index in [1.807, 2.05) is 18.5 Å². The predicted molar refractivity (Wildman–Crippen MR) is 75.6 cm³/mol. The van der Waals surface area contributed by atoms with Gasteiger partial charge in [0, 0.05) is 26.3 Å². The van der Waals surface area contributed by atoms with Crippen molar-refractivity contribution in [2.75, 3.05) is 38.6 Å². The van der Waals surface area contributed by atoms with E-state index in [0.29, 0.717) is 6.54 Å². The molecule has 0 spiro atoms. The van der Waals surface area contributed by atoms with Crippen molar-refractivity contribution in [1.29, 1.82) is 0 Å². The number of anilines is 1. The number of nitrogens with two attached hydrogens (primary N) is 1. The number of piperidine rings is 1. The molecule has 1 aromatic heterocycles. The molecule has 0 atom stereocenters. The molecule has 2 N–H and O–H groups in total.